The van der Waals surface area contributed by atoms with E-state index in [2.05, 4.69) is 31.2 Å². The van der Waals surface area contributed by atoms with Crippen LogP contribution in [0.1, 0.15) is 12.8 Å². The Labute approximate surface area is 142 Å². The van der Waals surface area contributed by atoms with Crippen LogP contribution in [-0.2, 0) is 4.79 Å². The molecule has 5 nitrogen and oxygen atoms in total. The first-order valence-corrected chi connectivity index (χ1v) is 8.13. The summed E-state index contributed by atoms with van der Waals surface area (Å²) in [6.07, 6.45) is 1.02. The van der Waals surface area contributed by atoms with Crippen LogP contribution in [0.4, 0.5) is 5.95 Å². The first-order chi connectivity index (χ1) is 11.2. The van der Waals surface area contributed by atoms with Crippen LogP contribution in [0.15, 0.2) is 53.0 Å². The molecule has 2 N–H and O–H groups in total. The molecule has 118 valence electrons. The molecule has 23 heavy (non-hydrogen) atoms. The molecule has 1 amide bonds. The molecule has 0 saturated heterocycles. The largest absolute Gasteiger partial charge is 0.494 e. The average Bonchev–Trinajstić information content (AvgIpc) is 2.94. The Balaban J connectivity index is 1.44. The Morgan fingerprint density at radius 3 is 2.91 bits per heavy atom. The zero-order valence-electron chi connectivity index (χ0n) is 12.4. The number of anilines is 1. The first kappa shape index (κ1) is 15.6. The van der Waals surface area contributed by atoms with E-state index in [9.17, 15) is 4.79 Å². The van der Waals surface area contributed by atoms with Gasteiger partial charge in [0.15, 0.2) is 0 Å². The fourth-order valence-corrected chi connectivity index (χ4v) is 2.56. The number of carbonyl (C=O) groups excluding carboxylic acids is 1. The second kappa shape index (κ2) is 7.28. The molecule has 3 rings (SSSR count). The van der Waals surface area contributed by atoms with Gasteiger partial charge in [-0.1, -0.05) is 34.1 Å². The standard InChI is InChI=1S/C17H16BrN3O2/c18-12-5-3-6-13(11-12)23-10-4-9-16(22)21-17-19-14-7-1-2-8-15(14)20-17/h1-3,5-8,11H,4,9-10H2,(H2,19,20,21,22). The molecule has 0 aliphatic rings. The number of aromatic amines is 1. The molecule has 0 aliphatic heterocycles. The smallest absolute Gasteiger partial charge is 0.226 e. The summed E-state index contributed by atoms with van der Waals surface area (Å²) in [5, 5.41) is 2.77. The average molecular weight is 374 g/mol. The van der Waals surface area contributed by atoms with E-state index in [1.165, 1.54) is 0 Å². The van der Waals surface area contributed by atoms with Crippen LogP contribution in [0.2, 0.25) is 0 Å². The van der Waals surface area contributed by atoms with Crippen molar-refractivity contribution in [2.75, 3.05) is 11.9 Å². The van der Waals surface area contributed by atoms with Gasteiger partial charge in [0.05, 0.1) is 17.6 Å². The van der Waals surface area contributed by atoms with Gasteiger partial charge < -0.3 is 9.72 Å². The van der Waals surface area contributed by atoms with Crippen molar-refractivity contribution in [1.82, 2.24) is 9.97 Å². The second-order valence-corrected chi connectivity index (χ2v) is 5.98. The first-order valence-electron chi connectivity index (χ1n) is 7.34. The molecule has 6 heteroatoms. The second-order valence-electron chi connectivity index (χ2n) is 5.06. The van der Waals surface area contributed by atoms with Crippen LogP contribution in [0, 0.1) is 0 Å². The summed E-state index contributed by atoms with van der Waals surface area (Å²) < 4.78 is 6.57. The molecule has 3 aromatic rings. The number of para-hydroxylation sites is 2. The van der Waals surface area contributed by atoms with Crippen molar-refractivity contribution in [3.63, 3.8) is 0 Å². The van der Waals surface area contributed by atoms with Gasteiger partial charge in [0, 0.05) is 10.9 Å². The van der Waals surface area contributed by atoms with Crippen LogP contribution in [0.3, 0.4) is 0 Å². The SMILES string of the molecule is O=C(CCCOc1cccc(Br)c1)Nc1nc2ccccc2[nH]1. The van der Waals surface area contributed by atoms with Gasteiger partial charge in [0.2, 0.25) is 11.9 Å². The van der Waals surface area contributed by atoms with E-state index < -0.39 is 0 Å². The third kappa shape index (κ3) is 4.32. The Morgan fingerprint density at radius 1 is 1.22 bits per heavy atom. The highest BCUT2D eigenvalue weighted by Crippen LogP contribution is 2.18. The topological polar surface area (TPSA) is 67.0 Å². The third-order valence-electron chi connectivity index (χ3n) is 3.26. The number of fused-ring (bicyclic) bond motifs is 1. The number of aromatic nitrogens is 2. The summed E-state index contributed by atoms with van der Waals surface area (Å²) in [5.41, 5.74) is 1.74. The Morgan fingerprint density at radius 2 is 2.09 bits per heavy atom. The van der Waals surface area contributed by atoms with Gasteiger partial charge in [0.1, 0.15) is 5.75 Å². The number of H-pyrrole nitrogens is 1. The van der Waals surface area contributed by atoms with Crippen molar-refractivity contribution in [3.8, 4) is 5.75 Å². The van der Waals surface area contributed by atoms with E-state index in [0.717, 1.165) is 21.3 Å². The highest BCUT2D eigenvalue weighted by molar-refractivity contribution is 9.10. The summed E-state index contributed by atoms with van der Waals surface area (Å²) in [5.74, 6) is 1.18. The summed E-state index contributed by atoms with van der Waals surface area (Å²) in [4.78, 5) is 19.3. The maximum atomic E-state index is 11.9. The van der Waals surface area contributed by atoms with E-state index in [1.54, 1.807) is 0 Å². The lowest BCUT2D eigenvalue weighted by molar-refractivity contribution is -0.116. The van der Waals surface area contributed by atoms with Crippen molar-refractivity contribution in [2.24, 2.45) is 0 Å². The van der Waals surface area contributed by atoms with E-state index in [-0.39, 0.29) is 5.91 Å². The van der Waals surface area contributed by atoms with Crippen LogP contribution in [0.5, 0.6) is 5.75 Å². The van der Waals surface area contributed by atoms with Crippen molar-refractivity contribution >= 4 is 38.8 Å². The van der Waals surface area contributed by atoms with Gasteiger partial charge in [-0.15, -0.1) is 0 Å². The predicted octanol–water partition coefficient (Wildman–Crippen LogP) is 4.12. The zero-order chi connectivity index (χ0) is 16.1. The molecular formula is C17H16BrN3O2. The number of amides is 1. The number of hydrogen-bond donors (Lipinski definition) is 2. The fourth-order valence-electron chi connectivity index (χ4n) is 2.19. The van der Waals surface area contributed by atoms with Crippen LogP contribution >= 0.6 is 15.9 Å². The van der Waals surface area contributed by atoms with Gasteiger partial charge in [-0.2, -0.15) is 0 Å². The lowest BCUT2D eigenvalue weighted by atomic mass is 10.3. The third-order valence-corrected chi connectivity index (χ3v) is 3.75. The number of carbonyl (C=O) groups is 1. The number of nitrogens with one attached hydrogen (secondary N) is 2. The summed E-state index contributed by atoms with van der Waals surface area (Å²) in [6, 6.07) is 15.3. The lowest BCUT2D eigenvalue weighted by Crippen LogP contribution is -2.13. The van der Waals surface area contributed by atoms with Gasteiger partial charge in [-0.3, -0.25) is 10.1 Å². The highest BCUT2D eigenvalue weighted by atomic mass is 79.9. The summed E-state index contributed by atoms with van der Waals surface area (Å²) in [6.45, 7) is 0.490. The number of nitrogens with zero attached hydrogens (tertiary/aromatic N) is 1. The number of benzene rings is 2. The van der Waals surface area contributed by atoms with Gasteiger partial charge in [0.25, 0.3) is 0 Å². The van der Waals surface area contributed by atoms with Crippen molar-refractivity contribution in [2.45, 2.75) is 12.8 Å². The minimum absolute atomic E-state index is 0.0816. The van der Waals surface area contributed by atoms with E-state index in [1.807, 2.05) is 48.5 Å². The number of halogens is 1. The van der Waals surface area contributed by atoms with E-state index >= 15 is 0 Å². The Kier molecular flexibility index (Phi) is 4.92. The molecule has 0 aliphatic carbocycles. The van der Waals surface area contributed by atoms with E-state index in [0.29, 0.717) is 25.4 Å². The van der Waals surface area contributed by atoms with Crippen molar-refractivity contribution in [3.05, 3.63) is 53.0 Å². The minimum Gasteiger partial charge on any atom is -0.494 e. The fraction of sp³-hybridized carbons (Fsp3) is 0.176. The molecule has 0 unspecified atom stereocenters. The van der Waals surface area contributed by atoms with Gasteiger partial charge in [-0.05, 0) is 36.8 Å². The molecule has 1 heterocycles. The molecule has 0 fully saturated rings. The maximum Gasteiger partial charge on any atom is 0.226 e. The number of rotatable bonds is 6. The van der Waals surface area contributed by atoms with Crippen LogP contribution in [-0.4, -0.2) is 22.5 Å². The number of ether oxygens (including phenoxy) is 1. The normalized spacial score (nSPS) is 10.7. The maximum absolute atomic E-state index is 11.9. The minimum atomic E-state index is -0.0816. The van der Waals surface area contributed by atoms with Crippen molar-refractivity contribution in [1.29, 1.82) is 0 Å². The van der Waals surface area contributed by atoms with Gasteiger partial charge >= 0.3 is 0 Å². The molecule has 2 aromatic carbocycles. The molecule has 0 saturated carbocycles. The Bertz CT molecular complexity index is 783. The zero-order valence-corrected chi connectivity index (χ0v) is 14.0. The van der Waals surface area contributed by atoms with E-state index in [4.69, 9.17) is 4.74 Å². The van der Waals surface area contributed by atoms with Crippen LogP contribution in [0.25, 0.3) is 11.0 Å². The molecule has 0 radical (unpaired) electrons. The number of imidazole rings is 1. The molecule has 0 bridgehead atoms. The quantitative estimate of drug-likeness (QED) is 0.638. The lowest BCUT2D eigenvalue weighted by Gasteiger charge is -2.06. The van der Waals surface area contributed by atoms with Crippen LogP contribution < -0.4 is 10.1 Å². The molecular weight excluding hydrogens is 358 g/mol. The highest BCUT2D eigenvalue weighted by Gasteiger charge is 2.06. The molecule has 1 aromatic heterocycles. The summed E-state index contributed by atoms with van der Waals surface area (Å²) in [7, 11) is 0. The Hall–Kier alpha value is -2.34. The number of hydrogen-bond acceptors (Lipinski definition) is 3. The summed E-state index contributed by atoms with van der Waals surface area (Å²) >= 11 is 3.39. The van der Waals surface area contributed by atoms with Crippen molar-refractivity contribution < 1.29 is 9.53 Å². The molecule has 0 atom stereocenters. The monoisotopic (exact) mass is 373 g/mol. The predicted molar refractivity (Wildman–Crippen MR) is 93.6 cm³/mol. The molecule has 0 spiro atoms. The van der Waals surface area contributed by atoms with Gasteiger partial charge in [-0.25, -0.2) is 4.98 Å².